The van der Waals surface area contributed by atoms with Crippen LogP contribution < -0.4 is 11.1 Å². The van der Waals surface area contributed by atoms with Crippen LogP contribution in [0.5, 0.6) is 0 Å². The quantitative estimate of drug-likeness (QED) is 0.686. The highest BCUT2D eigenvalue weighted by atomic mass is 16.3. The Balaban J connectivity index is 2.47. The van der Waals surface area contributed by atoms with E-state index in [1.54, 1.807) is 25.4 Å². The summed E-state index contributed by atoms with van der Waals surface area (Å²) in [5, 5.41) is 13.5. The van der Waals surface area contributed by atoms with Gasteiger partial charge in [-0.05, 0) is 25.8 Å². The molecular weight excluding hydrogens is 282 g/mol. The molecule has 2 aliphatic rings. The molecule has 0 aliphatic carbocycles. The molecule has 6 nitrogen and oxygen atoms in total. The van der Waals surface area contributed by atoms with E-state index in [4.69, 9.17) is 5.73 Å². The second-order valence-electron chi connectivity index (χ2n) is 5.76. The minimum atomic E-state index is -0.719. The van der Waals surface area contributed by atoms with E-state index in [1.165, 1.54) is 11.8 Å². The van der Waals surface area contributed by atoms with Crippen molar-refractivity contribution in [2.45, 2.75) is 33.9 Å². The number of ketones is 1. The first kappa shape index (κ1) is 15.9. The molecular formula is C16H21N3O3. The summed E-state index contributed by atoms with van der Waals surface area (Å²) in [7, 11) is 0. The molecule has 1 atom stereocenters. The Morgan fingerprint density at radius 2 is 2.05 bits per heavy atom. The molecule has 0 radical (unpaired) electrons. The highest BCUT2D eigenvalue weighted by molar-refractivity contribution is 6.00. The number of aliphatic hydroxyl groups excluding tert-OH is 1. The molecule has 0 saturated carbocycles. The number of hydrogen-bond acceptors (Lipinski definition) is 5. The van der Waals surface area contributed by atoms with Gasteiger partial charge >= 0.3 is 0 Å². The second-order valence-corrected chi connectivity index (χ2v) is 5.76. The number of nitrogens with zero attached hydrogens (tertiary/aromatic N) is 1. The van der Waals surface area contributed by atoms with Gasteiger partial charge in [-0.15, -0.1) is 0 Å². The second kappa shape index (κ2) is 5.71. The Labute approximate surface area is 129 Å². The molecule has 0 saturated heterocycles. The zero-order valence-corrected chi connectivity index (χ0v) is 13.2. The molecule has 4 N–H and O–H groups in total. The molecule has 2 rings (SSSR count). The zero-order valence-electron chi connectivity index (χ0n) is 13.2. The Hall–Kier alpha value is -2.50. The van der Waals surface area contributed by atoms with Gasteiger partial charge < -0.3 is 16.2 Å². The maximum atomic E-state index is 12.4. The molecule has 0 aromatic heterocycles. The molecule has 1 unspecified atom stereocenters. The number of hydrogen-bond donors (Lipinski definition) is 3. The van der Waals surface area contributed by atoms with Gasteiger partial charge in [-0.1, -0.05) is 13.8 Å². The van der Waals surface area contributed by atoms with Crippen LogP contribution in [0.2, 0.25) is 0 Å². The van der Waals surface area contributed by atoms with Crippen LogP contribution >= 0.6 is 0 Å². The normalized spacial score (nSPS) is 22.2. The highest BCUT2D eigenvalue weighted by Crippen LogP contribution is 2.29. The number of carbonyl (C=O) groups excluding carboxylic acids is 2. The topological polar surface area (TPSA) is 95.7 Å². The molecule has 0 aromatic carbocycles. The Kier molecular flexibility index (Phi) is 4.12. The molecule has 0 aromatic rings. The lowest BCUT2D eigenvalue weighted by Crippen LogP contribution is -2.51. The monoisotopic (exact) mass is 303 g/mol. The maximum absolute atomic E-state index is 12.4. The van der Waals surface area contributed by atoms with E-state index in [2.05, 4.69) is 5.32 Å². The van der Waals surface area contributed by atoms with Gasteiger partial charge in [0.25, 0.3) is 5.91 Å². The van der Waals surface area contributed by atoms with Crippen LogP contribution in [0.1, 0.15) is 27.7 Å². The van der Waals surface area contributed by atoms with Gasteiger partial charge in [-0.25, -0.2) is 0 Å². The van der Waals surface area contributed by atoms with E-state index in [1.807, 2.05) is 13.8 Å². The van der Waals surface area contributed by atoms with Crippen molar-refractivity contribution in [2.75, 3.05) is 0 Å². The van der Waals surface area contributed by atoms with Crippen molar-refractivity contribution in [1.82, 2.24) is 10.2 Å². The summed E-state index contributed by atoms with van der Waals surface area (Å²) in [6.07, 6.45) is 4.01. The van der Waals surface area contributed by atoms with Crippen LogP contribution in [-0.4, -0.2) is 27.9 Å². The summed E-state index contributed by atoms with van der Waals surface area (Å²) < 4.78 is 0. The summed E-state index contributed by atoms with van der Waals surface area (Å²) in [6.45, 7) is 6.85. The predicted octanol–water partition coefficient (Wildman–Crippen LogP) is 1.45. The summed E-state index contributed by atoms with van der Waals surface area (Å²) in [5.74, 6) is -0.427. The molecule has 2 heterocycles. The van der Waals surface area contributed by atoms with Gasteiger partial charge in [0.1, 0.15) is 5.76 Å². The SMILES string of the molecule is CC(=O)C(=C(C)N)C1=C(O)C2NC=C(C(C)C)C(=O)N2C=C1. The Morgan fingerprint density at radius 1 is 1.41 bits per heavy atom. The Bertz CT molecular complexity index is 650. The van der Waals surface area contributed by atoms with Crippen molar-refractivity contribution < 1.29 is 14.7 Å². The van der Waals surface area contributed by atoms with E-state index in [-0.39, 0.29) is 28.9 Å². The number of nitrogens with two attached hydrogens (primary N) is 1. The maximum Gasteiger partial charge on any atom is 0.257 e. The number of fused-ring (bicyclic) bond motifs is 1. The lowest BCUT2D eigenvalue weighted by Gasteiger charge is -2.37. The van der Waals surface area contributed by atoms with E-state index in [0.717, 1.165) is 0 Å². The van der Waals surface area contributed by atoms with Crippen LogP contribution in [0.4, 0.5) is 0 Å². The summed E-state index contributed by atoms with van der Waals surface area (Å²) in [5.41, 5.74) is 7.32. The number of carbonyl (C=O) groups is 2. The van der Waals surface area contributed by atoms with Crippen molar-refractivity contribution in [3.63, 3.8) is 0 Å². The van der Waals surface area contributed by atoms with Crippen LogP contribution in [0.3, 0.4) is 0 Å². The molecule has 22 heavy (non-hydrogen) atoms. The first-order chi connectivity index (χ1) is 10.3. The van der Waals surface area contributed by atoms with Crippen LogP contribution in [0.15, 0.2) is 46.7 Å². The average molecular weight is 303 g/mol. The summed E-state index contributed by atoms with van der Waals surface area (Å²) >= 11 is 0. The molecule has 0 spiro atoms. The molecule has 1 amide bonds. The van der Waals surface area contributed by atoms with E-state index < -0.39 is 6.17 Å². The molecule has 0 fully saturated rings. The van der Waals surface area contributed by atoms with Gasteiger partial charge in [0.15, 0.2) is 11.9 Å². The first-order valence-electron chi connectivity index (χ1n) is 7.13. The van der Waals surface area contributed by atoms with Crippen molar-refractivity contribution in [2.24, 2.45) is 11.7 Å². The number of allylic oxidation sites excluding steroid dienone is 4. The van der Waals surface area contributed by atoms with Gasteiger partial charge in [0.05, 0.1) is 0 Å². The highest BCUT2D eigenvalue weighted by Gasteiger charge is 2.36. The molecule has 2 aliphatic heterocycles. The number of Topliss-reactive ketones (excluding diaryl/α,β-unsaturated/α-hetero) is 1. The van der Waals surface area contributed by atoms with Gasteiger partial charge in [0, 0.05) is 34.8 Å². The third kappa shape index (κ3) is 2.52. The molecule has 0 bridgehead atoms. The van der Waals surface area contributed by atoms with Crippen LogP contribution in [0.25, 0.3) is 0 Å². The van der Waals surface area contributed by atoms with E-state index in [0.29, 0.717) is 16.8 Å². The fourth-order valence-corrected chi connectivity index (χ4v) is 2.63. The number of amides is 1. The number of nitrogens with one attached hydrogen (secondary N) is 1. The van der Waals surface area contributed by atoms with Crippen molar-refractivity contribution in [1.29, 1.82) is 0 Å². The van der Waals surface area contributed by atoms with Crippen molar-refractivity contribution in [3.8, 4) is 0 Å². The first-order valence-corrected chi connectivity index (χ1v) is 7.13. The van der Waals surface area contributed by atoms with E-state index >= 15 is 0 Å². The predicted molar refractivity (Wildman–Crippen MR) is 83.1 cm³/mol. The zero-order chi connectivity index (χ0) is 16.6. The largest absolute Gasteiger partial charge is 0.507 e. The minimum Gasteiger partial charge on any atom is -0.507 e. The van der Waals surface area contributed by atoms with Crippen LogP contribution in [-0.2, 0) is 9.59 Å². The number of rotatable bonds is 3. The molecule has 118 valence electrons. The standard InChI is InChI=1S/C16H21N3O3/c1-8(2)12-7-18-15-14(21)11(5-6-19(15)16(12)22)13(9(3)17)10(4)20/h5-8,15,18,21H,17H2,1-4H3. The summed E-state index contributed by atoms with van der Waals surface area (Å²) in [6, 6.07) is 0. The fourth-order valence-electron chi connectivity index (χ4n) is 2.63. The molecule has 6 heteroatoms. The van der Waals surface area contributed by atoms with Crippen LogP contribution in [0, 0.1) is 5.92 Å². The summed E-state index contributed by atoms with van der Waals surface area (Å²) in [4.78, 5) is 25.6. The van der Waals surface area contributed by atoms with Gasteiger partial charge in [0.2, 0.25) is 0 Å². The third-order valence-electron chi connectivity index (χ3n) is 3.73. The minimum absolute atomic E-state index is 0.0702. The fraction of sp³-hybridized carbons (Fsp3) is 0.375. The third-order valence-corrected chi connectivity index (χ3v) is 3.73. The van der Waals surface area contributed by atoms with E-state index in [9.17, 15) is 14.7 Å². The van der Waals surface area contributed by atoms with Gasteiger partial charge in [-0.2, -0.15) is 0 Å². The lowest BCUT2D eigenvalue weighted by atomic mass is 9.94. The van der Waals surface area contributed by atoms with Gasteiger partial charge in [-0.3, -0.25) is 14.5 Å². The lowest BCUT2D eigenvalue weighted by molar-refractivity contribution is -0.128. The van der Waals surface area contributed by atoms with Crippen molar-refractivity contribution in [3.05, 3.63) is 46.7 Å². The number of aliphatic hydroxyl groups is 1. The average Bonchev–Trinajstić information content (AvgIpc) is 2.41. The van der Waals surface area contributed by atoms with Crippen molar-refractivity contribution >= 4 is 11.7 Å². The smallest absolute Gasteiger partial charge is 0.257 e. The Morgan fingerprint density at radius 3 is 2.55 bits per heavy atom.